The molecular weight excluding hydrogens is 594 g/mol. The molecule has 1 aromatic heterocycles. The summed E-state index contributed by atoms with van der Waals surface area (Å²) in [6, 6.07) is 10.6. The van der Waals surface area contributed by atoms with Gasteiger partial charge in [-0.05, 0) is 38.8 Å². The molecule has 3 aromatic rings. The van der Waals surface area contributed by atoms with Gasteiger partial charge >= 0.3 is 0 Å². The number of hydrogen-bond acceptors (Lipinski definition) is 7. The van der Waals surface area contributed by atoms with E-state index in [-0.39, 0.29) is 58.3 Å². The third kappa shape index (κ3) is 6.28. The molecular formula is C29H32BrN5O6. The Bertz CT molecular complexity index is 1550. The Kier molecular flexibility index (Phi) is 8.41. The number of benzene rings is 2. The number of nitrogens with zero attached hydrogens (tertiary/aromatic N) is 2. The summed E-state index contributed by atoms with van der Waals surface area (Å²) < 4.78 is 6.19. The first kappa shape index (κ1) is 28.7. The summed E-state index contributed by atoms with van der Waals surface area (Å²) in [6.07, 6.45) is 2.65. The minimum absolute atomic E-state index is 0.128. The first-order chi connectivity index (χ1) is 19.6. The SMILES string of the molecule is C[C@@H]1CN(C(=O)c2cc(Br)cc([N+](=O)[O-])c2N[C@@H]2CCCC[C@@H]2NC(=O)c2cc(=O)[nH]c3ccccc23)C[C@H](C)O1. The molecule has 2 aliphatic rings. The van der Waals surface area contributed by atoms with Gasteiger partial charge in [-0.2, -0.15) is 0 Å². The van der Waals surface area contributed by atoms with Gasteiger partial charge in [0.15, 0.2) is 0 Å². The van der Waals surface area contributed by atoms with Gasteiger partial charge in [-0.25, -0.2) is 0 Å². The molecule has 41 heavy (non-hydrogen) atoms. The van der Waals surface area contributed by atoms with Crippen LogP contribution in [0.2, 0.25) is 0 Å². The third-order valence-electron chi connectivity index (χ3n) is 7.62. The quantitative estimate of drug-likeness (QED) is 0.268. The number of nitro benzene ring substituents is 1. The fourth-order valence-electron chi connectivity index (χ4n) is 5.87. The van der Waals surface area contributed by atoms with Crippen LogP contribution in [0.4, 0.5) is 11.4 Å². The number of halogens is 1. The number of aromatic nitrogens is 1. The monoisotopic (exact) mass is 625 g/mol. The zero-order valence-electron chi connectivity index (χ0n) is 22.8. The van der Waals surface area contributed by atoms with Crippen LogP contribution in [-0.2, 0) is 4.74 Å². The van der Waals surface area contributed by atoms with Crippen LogP contribution in [0.25, 0.3) is 10.9 Å². The Morgan fingerprint density at radius 1 is 1.05 bits per heavy atom. The molecule has 2 amide bonds. The normalized spacial score (nSPS) is 22.8. The average molecular weight is 627 g/mol. The van der Waals surface area contributed by atoms with Crippen molar-refractivity contribution in [3.8, 4) is 0 Å². The molecule has 4 atom stereocenters. The highest BCUT2D eigenvalue weighted by atomic mass is 79.9. The highest BCUT2D eigenvalue weighted by Gasteiger charge is 2.34. The van der Waals surface area contributed by atoms with E-state index in [1.54, 1.807) is 35.2 Å². The van der Waals surface area contributed by atoms with Gasteiger partial charge in [0, 0.05) is 52.7 Å². The van der Waals surface area contributed by atoms with Crippen LogP contribution in [0, 0.1) is 10.1 Å². The van der Waals surface area contributed by atoms with Crippen molar-refractivity contribution in [2.45, 2.75) is 63.8 Å². The number of carbonyl (C=O) groups is 2. The number of nitro groups is 1. The van der Waals surface area contributed by atoms with Crippen molar-refractivity contribution in [1.82, 2.24) is 15.2 Å². The number of rotatable bonds is 6. The predicted octanol–water partition coefficient (Wildman–Crippen LogP) is 4.60. The van der Waals surface area contributed by atoms with Crippen molar-refractivity contribution in [3.05, 3.63) is 78.5 Å². The van der Waals surface area contributed by atoms with Gasteiger partial charge < -0.3 is 25.3 Å². The minimum Gasteiger partial charge on any atom is -0.374 e. The number of ether oxygens (including phenoxy) is 1. The molecule has 1 saturated heterocycles. The molecule has 11 nitrogen and oxygen atoms in total. The Balaban J connectivity index is 1.46. The maximum absolute atomic E-state index is 13.8. The number of aromatic amines is 1. The first-order valence-electron chi connectivity index (χ1n) is 13.7. The van der Waals surface area contributed by atoms with Crippen molar-refractivity contribution in [3.63, 3.8) is 0 Å². The van der Waals surface area contributed by atoms with Gasteiger partial charge in [-0.15, -0.1) is 0 Å². The van der Waals surface area contributed by atoms with Gasteiger partial charge in [0.05, 0.1) is 28.3 Å². The topological polar surface area (TPSA) is 147 Å². The maximum Gasteiger partial charge on any atom is 0.294 e. The lowest BCUT2D eigenvalue weighted by molar-refractivity contribution is -0.384. The summed E-state index contributed by atoms with van der Waals surface area (Å²) in [6.45, 7) is 4.51. The van der Waals surface area contributed by atoms with Crippen LogP contribution < -0.4 is 16.2 Å². The van der Waals surface area contributed by atoms with Crippen LogP contribution in [0.5, 0.6) is 0 Å². The van der Waals surface area contributed by atoms with E-state index < -0.39 is 10.8 Å². The fraction of sp³-hybridized carbons (Fsp3) is 0.414. The average Bonchev–Trinajstić information content (AvgIpc) is 2.93. The van der Waals surface area contributed by atoms with E-state index >= 15 is 0 Å². The molecule has 0 spiro atoms. The molecule has 1 aliphatic heterocycles. The first-order valence-corrected chi connectivity index (χ1v) is 14.5. The summed E-state index contributed by atoms with van der Waals surface area (Å²) in [4.78, 5) is 55.5. The molecule has 2 fully saturated rings. The van der Waals surface area contributed by atoms with E-state index in [9.17, 15) is 24.5 Å². The lowest BCUT2D eigenvalue weighted by Crippen LogP contribution is -2.50. The third-order valence-corrected chi connectivity index (χ3v) is 8.08. The standard InChI is InChI=1S/C29H32BrN5O6/c1-16-14-34(15-17(2)41-16)29(38)21-11-18(30)12-25(35(39)40)27(21)32-23-9-5-6-10-24(23)33-28(37)20-13-26(36)31-22-8-4-3-7-19(20)22/h3-4,7-8,11-13,16-17,23-24,32H,5-6,9-10,14-15H2,1-2H3,(H,31,36)(H,33,37)/t16-,17+,23-,24+/m1/s1. The van der Waals surface area contributed by atoms with Gasteiger partial charge in [-0.1, -0.05) is 47.0 Å². The summed E-state index contributed by atoms with van der Waals surface area (Å²) in [7, 11) is 0. The summed E-state index contributed by atoms with van der Waals surface area (Å²) >= 11 is 3.34. The Morgan fingerprint density at radius 2 is 1.73 bits per heavy atom. The lowest BCUT2D eigenvalue weighted by Gasteiger charge is -2.36. The van der Waals surface area contributed by atoms with Crippen molar-refractivity contribution >= 4 is 50.0 Å². The molecule has 3 N–H and O–H groups in total. The fourth-order valence-corrected chi connectivity index (χ4v) is 6.32. The predicted molar refractivity (Wildman–Crippen MR) is 158 cm³/mol. The lowest BCUT2D eigenvalue weighted by atomic mass is 9.89. The molecule has 5 rings (SSSR count). The zero-order valence-corrected chi connectivity index (χ0v) is 24.4. The number of H-pyrrole nitrogens is 1. The summed E-state index contributed by atoms with van der Waals surface area (Å²) in [5.74, 6) is -0.728. The van der Waals surface area contributed by atoms with Gasteiger partial charge in [-0.3, -0.25) is 24.5 Å². The second-order valence-electron chi connectivity index (χ2n) is 10.8. The van der Waals surface area contributed by atoms with Gasteiger partial charge in [0.25, 0.3) is 17.5 Å². The van der Waals surface area contributed by atoms with E-state index in [4.69, 9.17) is 4.74 Å². The molecule has 12 heteroatoms. The summed E-state index contributed by atoms with van der Waals surface area (Å²) in [5, 5.41) is 19.2. The number of hydrogen-bond donors (Lipinski definition) is 3. The molecule has 0 bridgehead atoms. The van der Waals surface area contributed by atoms with Crippen LogP contribution in [0.3, 0.4) is 0 Å². The maximum atomic E-state index is 13.8. The second kappa shape index (κ2) is 12.0. The minimum atomic E-state index is -0.507. The van der Waals surface area contributed by atoms with Crippen LogP contribution in [-0.4, -0.2) is 64.0 Å². The molecule has 0 radical (unpaired) electrons. The molecule has 1 aliphatic carbocycles. The summed E-state index contributed by atoms with van der Waals surface area (Å²) in [5.41, 5.74) is 0.519. The van der Waals surface area contributed by atoms with E-state index in [1.165, 1.54) is 12.1 Å². The Hall–Kier alpha value is -3.77. The van der Waals surface area contributed by atoms with E-state index in [0.717, 1.165) is 12.8 Å². The van der Waals surface area contributed by atoms with Crippen LogP contribution >= 0.6 is 15.9 Å². The van der Waals surface area contributed by atoms with E-state index in [1.807, 2.05) is 13.8 Å². The van der Waals surface area contributed by atoms with Crippen LogP contribution in [0.1, 0.15) is 60.2 Å². The molecule has 1 saturated carbocycles. The number of amides is 2. The smallest absolute Gasteiger partial charge is 0.294 e. The largest absolute Gasteiger partial charge is 0.374 e. The van der Waals surface area contributed by atoms with Gasteiger partial charge in [0.2, 0.25) is 5.56 Å². The number of anilines is 1. The molecule has 0 unspecified atom stereocenters. The number of carbonyl (C=O) groups excluding carboxylic acids is 2. The Labute approximate surface area is 244 Å². The second-order valence-corrected chi connectivity index (χ2v) is 11.7. The van der Waals surface area contributed by atoms with Crippen molar-refractivity contribution in [2.75, 3.05) is 18.4 Å². The highest BCUT2D eigenvalue weighted by molar-refractivity contribution is 9.10. The van der Waals surface area contributed by atoms with Crippen molar-refractivity contribution in [2.24, 2.45) is 0 Å². The van der Waals surface area contributed by atoms with E-state index in [2.05, 4.69) is 31.5 Å². The number of morpholine rings is 1. The van der Waals surface area contributed by atoms with Crippen molar-refractivity contribution in [1.29, 1.82) is 0 Å². The molecule has 2 aromatic carbocycles. The number of pyridine rings is 1. The number of para-hydroxylation sites is 1. The van der Waals surface area contributed by atoms with Crippen molar-refractivity contribution < 1.29 is 19.2 Å². The number of fused-ring (bicyclic) bond motifs is 1. The molecule has 2 heterocycles. The zero-order chi connectivity index (χ0) is 29.3. The van der Waals surface area contributed by atoms with Gasteiger partial charge in [0.1, 0.15) is 5.69 Å². The number of nitrogens with one attached hydrogen (secondary N) is 3. The van der Waals surface area contributed by atoms with E-state index in [0.29, 0.717) is 41.3 Å². The molecule has 216 valence electrons. The van der Waals surface area contributed by atoms with Crippen LogP contribution in [0.15, 0.2) is 51.7 Å². The highest BCUT2D eigenvalue weighted by Crippen LogP contribution is 2.36. The Morgan fingerprint density at radius 3 is 2.44 bits per heavy atom.